The molecule has 1 aromatic carbocycles. The van der Waals surface area contributed by atoms with Gasteiger partial charge in [0, 0.05) is 57.0 Å². The van der Waals surface area contributed by atoms with Crippen molar-refractivity contribution in [1.82, 2.24) is 15.1 Å². The number of hydrogen-bond donors (Lipinski definition) is 2. The van der Waals surface area contributed by atoms with Crippen molar-refractivity contribution < 1.29 is 48.0 Å². The van der Waals surface area contributed by atoms with E-state index in [0.29, 0.717) is 30.5 Å². The minimum atomic E-state index is -0.811. The van der Waals surface area contributed by atoms with Gasteiger partial charge >= 0.3 is 11.9 Å². The van der Waals surface area contributed by atoms with Gasteiger partial charge in [-0.25, -0.2) is 4.79 Å². The Hall–Kier alpha value is -4.07. The average molecular weight is 736 g/mol. The molecule has 288 valence electrons. The normalized spacial score (nSPS) is 25.7. The lowest BCUT2D eigenvalue weighted by Crippen LogP contribution is -2.51. The smallest absolute Gasteiger partial charge is 0.338 e. The summed E-state index contributed by atoms with van der Waals surface area (Å²) in [5.41, 5.74) is 0.811. The number of carbonyl (C=O) groups excluding carboxylic acids is 5. The molecular weight excluding hydrogens is 682 g/mol. The van der Waals surface area contributed by atoms with Gasteiger partial charge in [0.2, 0.25) is 17.7 Å². The molecule has 0 aromatic heterocycles. The molecule has 2 heterocycles. The molecule has 1 aromatic rings. The van der Waals surface area contributed by atoms with E-state index < -0.39 is 59.6 Å². The number of aliphatic hydroxyl groups is 1. The highest BCUT2D eigenvalue weighted by Crippen LogP contribution is 2.59. The molecule has 0 bridgehead atoms. The standard InChI is InChI=1S/C40H53N3O10/c1-39(2,3)52-34(46)19-17-29(23-44)41-36(47)30-7-6-20-43(30)37(48)26-21-31(35-32(22-26)51-40(53-35,27-13-14-27)28-15-16-28)50-38(49)25-11-8-24(9-12-25)10-18-33(45)42(4)5/h8-12,18,22,27-32,35,44H,6-7,13-17,19-21,23H2,1-5H3,(H,41,47)/t29-,30+,31+,32+,35-/m0/s1. The van der Waals surface area contributed by atoms with Crippen molar-refractivity contribution in [1.29, 1.82) is 0 Å². The second-order valence-corrected chi connectivity index (χ2v) is 16.1. The number of nitrogens with one attached hydrogen (secondary N) is 1. The van der Waals surface area contributed by atoms with Crippen LogP contribution in [0.1, 0.15) is 94.5 Å². The predicted molar refractivity (Wildman–Crippen MR) is 193 cm³/mol. The second-order valence-electron chi connectivity index (χ2n) is 16.1. The number of amides is 3. The van der Waals surface area contributed by atoms with Crippen LogP contribution in [0.3, 0.4) is 0 Å². The molecule has 13 nitrogen and oxygen atoms in total. The number of hydrogen-bond acceptors (Lipinski definition) is 10. The molecule has 3 aliphatic carbocycles. The number of aliphatic hydroxyl groups excluding tert-OH is 1. The number of likely N-dealkylation sites (N-methyl/N-ethyl adjacent to an activating group) is 1. The summed E-state index contributed by atoms with van der Waals surface area (Å²) in [5, 5.41) is 12.8. The van der Waals surface area contributed by atoms with E-state index in [1.54, 1.807) is 76.2 Å². The SMILES string of the molecule is CN(C)C(=O)C=Cc1ccc(C(=O)O[C@@H]2CC(C(=O)N3CCC[C@@H]3C(=O)N[C@H](CO)CCC(=O)OC(C)(C)C)=C[C@H]3OC(C4CC4)(C4CC4)O[C@H]32)cc1. The van der Waals surface area contributed by atoms with Crippen LogP contribution in [0.25, 0.3) is 6.08 Å². The van der Waals surface area contributed by atoms with Crippen molar-refractivity contribution in [2.75, 3.05) is 27.2 Å². The highest BCUT2D eigenvalue weighted by atomic mass is 16.8. The molecule has 5 atom stereocenters. The van der Waals surface area contributed by atoms with Crippen molar-refractivity contribution in [2.24, 2.45) is 11.8 Å². The Morgan fingerprint density at radius 1 is 1.04 bits per heavy atom. The van der Waals surface area contributed by atoms with Gasteiger partial charge in [0.25, 0.3) is 0 Å². The number of rotatable bonds is 13. The number of nitrogens with zero attached hydrogens (tertiary/aromatic N) is 2. The minimum absolute atomic E-state index is 0.0237. The van der Waals surface area contributed by atoms with E-state index in [1.165, 1.54) is 11.0 Å². The Morgan fingerprint density at radius 3 is 2.32 bits per heavy atom. The maximum absolute atomic E-state index is 14.2. The molecule has 53 heavy (non-hydrogen) atoms. The summed E-state index contributed by atoms with van der Waals surface area (Å²) < 4.78 is 25.0. The van der Waals surface area contributed by atoms with Gasteiger partial charge < -0.3 is 39.2 Å². The molecule has 2 saturated heterocycles. The van der Waals surface area contributed by atoms with Gasteiger partial charge in [-0.1, -0.05) is 12.1 Å². The fraction of sp³-hybridized carbons (Fsp3) is 0.625. The summed E-state index contributed by atoms with van der Waals surface area (Å²) in [5.74, 6) is -2.13. The average Bonchev–Trinajstić information content (AvgIpc) is 4.06. The highest BCUT2D eigenvalue weighted by molar-refractivity contribution is 5.98. The van der Waals surface area contributed by atoms with E-state index in [4.69, 9.17) is 18.9 Å². The Morgan fingerprint density at radius 2 is 1.72 bits per heavy atom. The number of carbonyl (C=O) groups is 5. The Bertz CT molecular complexity index is 1610. The minimum Gasteiger partial charge on any atom is -0.460 e. The lowest BCUT2D eigenvalue weighted by molar-refractivity contribution is -0.209. The number of fused-ring (bicyclic) bond motifs is 1. The molecule has 2 N–H and O–H groups in total. The van der Waals surface area contributed by atoms with Crippen LogP contribution >= 0.6 is 0 Å². The molecule has 3 amide bonds. The number of benzene rings is 1. The van der Waals surface area contributed by atoms with Crippen LogP contribution in [-0.4, -0.2) is 114 Å². The Labute approximate surface area is 311 Å². The lowest BCUT2D eigenvalue weighted by atomic mass is 9.91. The molecular formula is C40H53N3O10. The first kappa shape index (κ1) is 38.6. The van der Waals surface area contributed by atoms with Gasteiger partial charge in [-0.3, -0.25) is 19.2 Å². The van der Waals surface area contributed by atoms with Gasteiger partial charge in [-0.15, -0.1) is 0 Å². The summed E-state index contributed by atoms with van der Waals surface area (Å²) in [4.78, 5) is 68.6. The van der Waals surface area contributed by atoms with Gasteiger partial charge in [-0.05, 0) is 95.6 Å². The number of esters is 2. The summed E-state index contributed by atoms with van der Waals surface area (Å²) in [6, 6.07) is 5.28. The second kappa shape index (κ2) is 15.7. The first-order valence-corrected chi connectivity index (χ1v) is 18.9. The molecule has 0 unspecified atom stereocenters. The maximum Gasteiger partial charge on any atom is 0.338 e. The third kappa shape index (κ3) is 9.18. The van der Waals surface area contributed by atoms with Gasteiger partial charge in [0.15, 0.2) is 5.79 Å². The third-order valence-electron chi connectivity index (χ3n) is 10.4. The van der Waals surface area contributed by atoms with E-state index >= 15 is 0 Å². The van der Waals surface area contributed by atoms with Gasteiger partial charge in [0.1, 0.15) is 30.0 Å². The number of likely N-dealkylation sites (tertiary alicyclic amines) is 1. The van der Waals surface area contributed by atoms with Crippen molar-refractivity contribution in [3.63, 3.8) is 0 Å². The largest absolute Gasteiger partial charge is 0.460 e. The van der Waals surface area contributed by atoms with Crippen LogP contribution in [0.2, 0.25) is 0 Å². The first-order chi connectivity index (χ1) is 25.2. The molecule has 4 fully saturated rings. The summed E-state index contributed by atoms with van der Waals surface area (Å²) in [7, 11) is 3.33. The van der Waals surface area contributed by atoms with Crippen molar-refractivity contribution in [2.45, 2.75) is 120 Å². The van der Waals surface area contributed by atoms with Crippen LogP contribution in [0.5, 0.6) is 0 Å². The predicted octanol–water partition coefficient (Wildman–Crippen LogP) is 3.53. The summed E-state index contributed by atoms with van der Waals surface area (Å²) in [6.45, 7) is 5.31. The zero-order valence-electron chi connectivity index (χ0n) is 31.4. The molecule has 2 aliphatic heterocycles. The molecule has 6 rings (SSSR count). The van der Waals surface area contributed by atoms with Crippen LogP contribution in [-0.2, 0) is 38.1 Å². The Kier molecular flexibility index (Phi) is 11.5. The zero-order valence-corrected chi connectivity index (χ0v) is 31.4. The fourth-order valence-electron chi connectivity index (χ4n) is 7.47. The van der Waals surface area contributed by atoms with E-state index in [0.717, 1.165) is 31.2 Å². The van der Waals surface area contributed by atoms with Crippen LogP contribution in [0, 0.1) is 11.8 Å². The Balaban J connectivity index is 1.15. The third-order valence-corrected chi connectivity index (χ3v) is 10.4. The zero-order chi connectivity index (χ0) is 38.1. The number of ether oxygens (including phenoxy) is 4. The van der Waals surface area contributed by atoms with Crippen molar-refractivity contribution in [3.8, 4) is 0 Å². The molecule has 0 radical (unpaired) electrons. The topological polar surface area (TPSA) is 161 Å². The van der Waals surface area contributed by atoms with Crippen LogP contribution < -0.4 is 5.32 Å². The monoisotopic (exact) mass is 735 g/mol. The lowest BCUT2D eigenvalue weighted by Gasteiger charge is -2.33. The van der Waals surface area contributed by atoms with Crippen LogP contribution in [0.4, 0.5) is 0 Å². The molecule has 0 spiro atoms. The molecule has 13 heteroatoms. The van der Waals surface area contributed by atoms with Crippen molar-refractivity contribution >= 4 is 35.7 Å². The quantitative estimate of drug-likeness (QED) is 0.227. The maximum atomic E-state index is 14.2. The highest BCUT2D eigenvalue weighted by Gasteiger charge is 2.64. The van der Waals surface area contributed by atoms with Gasteiger partial charge in [0.05, 0.1) is 18.2 Å². The van der Waals surface area contributed by atoms with Gasteiger partial charge in [-0.2, -0.15) is 0 Å². The first-order valence-electron chi connectivity index (χ1n) is 18.9. The van der Waals surface area contributed by atoms with E-state index in [9.17, 15) is 29.1 Å². The van der Waals surface area contributed by atoms with E-state index in [2.05, 4.69) is 5.32 Å². The summed E-state index contributed by atoms with van der Waals surface area (Å²) in [6.07, 6.45) is 8.25. The fourth-order valence-corrected chi connectivity index (χ4v) is 7.47. The van der Waals surface area contributed by atoms with E-state index in [1.807, 2.05) is 0 Å². The van der Waals surface area contributed by atoms with E-state index in [-0.39, 0.29) is 49.5 Å². The molecule has 5 aliphatic rings. The van der Waals surface area contributed by atoms with Crippen LogP contribution in [0.15, 0.2) is 42.0 Å². The summed E-state index contributed by atoms with van der Waals surface area (Å²) >= 11 is 0. The van der Waals surface area contributed by atoms with Crippen molar-refractivity contribution in [3.05, 3.63) is 53.1 Å². The molecule has 2 saturated carbocycles.